The van der Waals surface area contributed by atoms with Crippen LogP contribution in [0.4, 0.5) is 4.79 Å². The van der Waals surface area contributed by atoms with Gasteiger partial charge in [-0.25, -0.2) is 4.79 Å². The van der Waals surface area contributed by atoms with E-state index >= 15 is 0 Å². The van der Waals surface area contributed by atoms with E-state index in [4.69, 9.17) is 0 Å². The highest BCUT2D eigenvalue weighted by Crippen LogP contribution is 2.28. The maximum atomic E-state index is 12.4. The van der Waals surface area contributed by atoms with Crippen LogP contribution in [-0.4, -0.2) is 33.7 Å². The fourth-order valence-electron chi connectivity index (χ4n) is 3.10. The summed E-state index contributed by atoms with van der Waals surface area (Å²) in [5.74, 6) is -1.37. The monoisotopic (exact) mass is 286 g/mol. The van der Waals surface area contributed by atoms with Crippen LogP contribution < -0.4 is 0 Å². The second-order valence-corrected chi connectivity index (χ2v) is 5.71. The third kappa shape index (κ3) is 2.33. The molecule has 1 aromatic carbocycles. The fourth-order valence-corrected chi connectivity index (χ4v) is 3.10. The van der Waals surface area contributed by atoms with E-state index in [0.29, 0.717) is 0 Å². The molecule has 0 spiro atoms. The summed E-state index contributed by atoms with van der Waals surface area (Å²) in [6.07, 6.45) is 3.63. The van der Waals surface area contributed by atoms with Crippen molar-refractivity contribution in [1.29, 1.82) is 0 Å². The van der Waals surface area contributed by atoms with Crippen LogP contribution in [0.2, 0.25) is 0 Å². The van der Waals surface area contributed by atoms with Gasteiger partial charge in [0.1, 0.15) is 0 Å². The van der Waals surface area contributed by atoms with Crippen molar-refractivity contribution < 1.29 is 14.4 Å². The summed E-state index contributed by atoms with van der Waals surface area (Å²) in [4.78, 5) is 38.9. The quantitative estimate of drug-likeness (QED) is 0.632. The van der Waals surface area contributed by atoms with Crippen molar-refractivity contribution in [3.05, 3.63) is 35.4 Å². The zero-order valence-corrected chi connectivity index (χ0v) is 12.0. The molecule has 1 aliphatic carbocycles. The number of imide groups is 2. The number of nitrogens with zero attached hydrogens (tertiary/aromatic N) is 2. The highest BCUT2D eigenvalue weighted by molar-refractivity contribution is 6.44. The van der Waals surface area contributed by atoms with Crippen LogP contribution in [-0.2, 0) is 16.1 Å². The number of rotatable bonds is 3. The first kappa shape index (κ1) is 13.8. The molecule has 1 aliphatic heterocycles. The summed E-state index contributed by atoms with van der Waals surface area (Å²) >= 11 is 0. The highest BCUT2D eigenvalue weighted by Gasteiger charge is 2.47. The number of carbonyl (C=O) groups excluding carboxylic acids is 3. The van der Waals surface area contributed by atoms with E-state index in [1.807, 2.05) is 31.2 Å². The number of benzene rings is 1. The Balaban J connectivity index is 1.83. The van der Waals surface area contributed by atoms with Crippen molar-refractivity contribution in [2.75, 3.05) is 0 Å². The van der Waals surface area contributed by atoms with Crippen molar-refractivity contribution in [2.24, 2.45) is 0 Å². The number of aryl methyl sites for hydroxylation is 1. The molecule has 2 aliphatic rings. The van der Waals surface area contributed by atoms with E-state index in [9.17, 15) is 14.4 Å². The van der Waals surface area contributed by atoms with Gasteiger partial charge >= 0.3 is 17.8 Å². The summed E-state index contributed by atoms with van der Waals surface area (Å²) in [6, 6.07) is 7.01. The first-order valence-corrected chi connectivity index (χ1v) is 7.33. The van der Waals surface area contributed by atoms with Gasteiger partial charge in [-0.2, -0.15) is 0 Å². The van der Waals surface area contributed by atoms with Crippen LogP contribution in [0.15, 0.2) is 24.3 Å². The zero-order valence-electron chi connectivity index (χ0n) is 12.0. The van der Waals surface area contributed by atoms with E-state index in [1.165, 1.54) is 4.90 Å². The highest BCUT2D eigenvalue weighted by atomic mass is 16.2. The second-order valence-electron chi connectivity index (χ2n) is 5.71. The smallest absolute Gasteiger partial charge is 0.263 e. The molecule has 5 heteroatoms. The molecular weight excluding hydrogens is 268 g/mol. The zero-order chi connectivity index (χ0) is 15.0. The molecule has 0 N–H and O–H groups in total. The van der Waals surface area contributed by atoms with E-state index < -0.39 is 17.8 Å². The van der Waals surface area contributed by atoms with Crippen LogP contribution >= 0.6 is 0 Å². The van der Waals surface area contributed by atoms with Crippen molar-refractivity contribution in [3.63, 3.8) is 0 Å². The van der Waals surface area contributed by atoms with Crippen LogP contribution in [0.1, 0.15) is 36.8 Å². The molecule has 1 saturated heterocycles. The predicted octanol–water partition coefficient (Wildman–Crippen LogP) is 2.23. The Bertz CT molecular complexity index is 605. The summed E-state index contributed by atoms with van der Waals surface area (Å²) in [5.41, 5.74) is 1.89. The van der Waals surface area contributed by atoms with Gasteiger partial charge < -0.3 is 0 Å². The minimum atomic E-state index is -0.699. The Kier molecular flexibility index (Phi) is 3.49. The number of hydrogen-bond donors (Lipinski definition) is 0. The number of amides is 4. The average Bonchev–Trinajstić information content (AvgIpc) is 3.05. The number of carbonyl (C=O) groups is 3. The van der Waals surface area contributed by atoms with Crippen LogP contribution in [0, 0.1) is 6.92 Å². The van der Waals surface area contributed by atoms with E-state index in [1.54, 1.807) is 0 Å². The van der Waals surface area contributed by atoms with Crippen molar-refractivity contribution >= 4 is 17.8 Å². The molecule has 1 aromatic rings. The molecule has 0 bridgehead atoms. The molecular formula is C16H18N2O3. The van der Waals surface area contributed by atoms with Crippen molar-refractivity contribution in [1.82, 2.24) is 9.80 Å². The minimum Gasteiger partial charge on any atom is -0.263 e. The van der Waals surface area contributed by atoms with Gasteiger partial charge in [-0.3, -0.25) is 19.4 Å². The molecule has 1 saturated carbocycles. The molecule has 0 radical (unpaired) electrons. The third-order valence-electron chi connectivity index (χ3n) is 4.36. The predicted molar refractivity (Wildman–Crippen MR) is 76.2 cm³/mol. The van der Waals surface area contributed by atoms with Gasteiger partial charge in [0.05, 0.1) is 6.54 Å². The Hall–Kier alpha value is -2.17. The number of urea groups is 1. The van der Waals surface area contributed by atoms with Gasteiger partial charge in [-0.1, -0.05) is 37.1 Å². The second kappa shape index (κ2) is 5.31. The van der Waals surface area contributed by atoms with Crippen molar-refractivity contribution in [2.45, 2.75) is 45.2 Å². The van der Waals surface area contributed by atoms with E-state index in [-0.39, 0.29) is 12.6 Å². The lowest BCUT2D eigenvalue weighted by Crippen LogP contribution is -2.39. The van der Waals surface area contributed by atoms with Crippen LogP contribution in [0.3, 0.4) is 0 Å². The lowest BCUT2D eigenvalue weighted by molar-refractivity contribution is -0.144. The summed E-state index contributed by atoms with van der Waals surface area (Å²) in [5, 5.41) is 0. The molecule has 21 heavy (non-hydrogen) atoms. The fraction of sp³-hybridized carbons (Fsp3) is 0.438. The largest absolute Gasteiger partial charge is 0.334 e. The minimum absolute atomic E-state index is 0.101. The molecule has 4 amide bonds. The molecule has 0 atom stereocenters. The topological polar surface area (TPSA) is 57.7 Å². The van der Waals surface area contributed by atoms with Gasteiger partial charge in [0.2, 0.25) is 0 Å². The maximum Gasteiger partial charge on any atom is 0.334 e. The van der Waals surface area contributed by atoms with Crippen LogP contribution in [0.5, 0.6) is 0 Å². The molecule has 110 valence electrons. The van der Waals surface area contributed by atoms with Gasteiger partial charge in [-0.05, 0) is 30.9 Å². The lowest BCUT2D eigenvalue weighted by Gasteiger charge is -2.21. The molecule has 3 rings (SSSR count). The Morgan fingerprint density at radius 1 is 1.05 bits per heavy atom. The summed E-state index contributed by atoms with van der Waals surface area (Å²) < 4.78 is 0. The van der Waals surface area contributed by atoms with Gasteiger partial charge in [-0.15, -0.1) is 0 Å². The standard InChI is InChI=1S/C16H18N2O3/c1-11-6-2-3-7-12(11)10-17-14(19)15(20)18(16(17)21)13-8-4-5-9-13/h2-3,6-7,13H,4-5,8-10H2,1H3. The molecule has 0 unspecified atom stereocenters. The van der Waals surface area contributed by atoms with Gasteiger partial charge in [0.15, 0.2) is 0 Å². The third-order valence-corrected chi connectivity index (χ3v) is 4.36. The Morgan fingerprint density at radius 3 is 2.38 bits per heavy atom. The first-order chi connectivity index (χ1) is 10.1. The van der Waals surface area contributed by atoms with E-state index in [0.717, 1.165) is 41.7 Å². The Labute approximate surface area is 123 Å². The maximum absolute atomic E-state index is 12.4. The van der Waals surface area contributed by atoms with E-state index in [2.05, 4.69) is 0 Å². The Morgan fingerprint density at radius 2 is 1.71 bits per heavy atom. The van der Waals surface area contributed by atoms with Gasteiger partial charge in [0.25, 0.3) is 0 Å². The SMILES string of the molecule is Cc1ccccc1CN1C(=O)C(=O)N(C2CCCC2)C1=O. The molecule has 1 heterocycles. The lowest BCUT2D eigenvalue weighted by atomic mass is 10.1. The van der Waals surface area contributed by atoms with Gasteiger partial charge in [0, 0.05) is 6.04 Å². The van der Waals surface area contributed by atoms with Crippen LogP contribution in [0.25, 0.3) is 0 Å². The number of hydrogen-bond acceptors (Lipinski definition) is 3. The molecule has 5 nitrogen and oxygen atoms in total. The summed E-state index contributed by atoms with van der Waals surface area (Å²) in [6.45, 7) is 2.09. The normalized spacial score (nSPS) is 20.0. The molecule has 0 aromatic heterocycles. The molecule has 2 fully saturated rings. The first-order valence-electron chi connectivity index (χ1n) is 7.33. The summed E-state index contributed by atoms with van der Waals surface area (Å²) in [7, 11) is 0. The average molecular weight is 286 g/mol. The van der Waals surface area contributed by atoms with Crippen molar-refractivity contribution in [3.8, 4) is 0 Å².